The highest BCUT2D eigenvalue weighted by Crippen LogP contribution is 2.42. The molecule has 4 aromatic carbocycles. The summed E-state index contributed by atoms with van der Waals surface area (Å²) in [5.74, 6) is 0.298. The molecule has 0 saturated carbocycles. The van der Waals surface area contributed by atoms with Crippen molar-refractivity contribution in [1.29, 1.82) is 0 Å². The molecule has 0 aliphatic rings. The number of phenolic OH excluding ortho intramolecular Hbond substituents is 2. The molecule has 0 unspecified atom stereocenters. The first-order valence-electron chi connectivity index (χ1n) is 19.3. The van der Waals surface area contributed by atoms with Crippen molar-refractivity contribution in [2.75, 3.05) is 0 Å². The molecule has 5 heteroatoms. The number of nitrogens with zero attached hydrogens (tertiary/aromatic N) is 2. The molecule has 282 valence electrons. The maximum absolute atomic E-state index is 11.7. The van der Waals surface area contributed by atoms with E-state index >= 15 is 0 Å². The van der Waals surface area contributed by atoms with Crippen LogP contribution >= 0.6 is 0 Å². The zero-order valence-electron chi connectivity index (χ0n) is 34.4. The summed E-state index contributed by atoms with van der Waals surface area (Å²) in [4.78, 5) is 10.5. The fourth-order valence-electron chi connectivity index (χ4n) is 7.03. The van der Waals surface area contributed by atoms with E-state index < -0.39 is 0 Å². The second-order valence-electron chi connectivity index (χ2n) is 19.2. The Morgan fingerprint density at radius 2 is 0.891 bits per heavy atom. The average Bonchev–Trinajstić information content (AvgIpc) is 3.46. The number of hydrogen-bond acceptors (Lipinski definition) is 5. The third kappa shape index (κ3) is 7.50. The number of pyridine rings is 2. The second-order valence-corrected chi connectivity index (χ2v) is 19.2. The van der Waals surface area contributed by atoms with Crippen LogP contribution in [0.3, 0.4) is 0 Å². The van der Waals surface area contributed by atoms with Gasteiger partial charge in [-0.3, -0.25) is 0 Å². The van der Waals surface area contributed by atoms with E-state index in [0.717, 1.165) is 38.6 Å². The summed E-state index contributed by atoms with van der Waals surface area (Å²) < 4.78 is 6.29. The van der Waals surface area contributed by atoms with Crippen LogP contribution in [0.5, 0.6) is 11.5 Å². The highest BCUT2D eigenvalue weighted by Gasteiger charge is 2.25. The van der Waals surface area contributed by atoms with Crippen LogP contribution in [0.2, 0.25) is 0 Å². The number of aromatic nitrogens is 2. The Bertz CT molecular complexity index is 2570. The van der Waals surface area contributed by atoms with Crippen molar-refractivity contribution in [2.45, 2.75) is 105 Å². The maximum Gasteiger partial charge on any atom is 0.136 e. The molecule has 7 aromatic rings. The van der Waals surface area contributed by atoms with Crippen LogP contribution in [0.4, 0.5) is 0 Å². The summed E-state index contributed by atoms with van der Waals surface area (Å²) in [6.45, 7) is 26.5. The summed E-state index contributed by atoms with van der Waals surface area (Å²) in [5, 5.41) is 24.8. The first-order chi connectivity index (χ1) is 25.6. The second kappa shape index (κ2) is 13.1. The first-order valence-corrected chi connectivity index (χ1v) is 19.3. The zero-order chi connectivity index (χ0) is 39.8. The van der Waals surface area contributed by atoms with Crippen LogP contribution in [-0.2, 0) is 21.7 Å². The Hall–Kier alpha value is -5.42. The molecule has 0 saturated heterocycles. The molecule has 0 bridgehead atoms. The van der Waals surface area contributed by atoms with Crippen molar-refractivity contribution in [3.05, 3.63) is 119 Å². The number of phenols is 2. The van der Waals surface area contributed by atoms with Gasteiger partial charge in [0.2, 0.25) is 0 Å². The van der Waals surface area contributed by atoms with Gasteiger partial charge in [0, 0.05) is 21.9 Å². The number of benzene rings is 4. The SMILES string of the molecule is CC(C)(C)c1cc(-c2cc(-c3cc(C(C)(C)C)cc(-c4cc(C(C)(C)C)ccc4O)n3)nc(-c3cc4oc5ccccc5c4cc3O)c2)cc(C(C)(C)C)c1. The van der Waals surface area contributed by atoms with Gasteiger partial charge in [-0.05, 0) is 110 Å². The fourth-order valence-corrected chi connectivity index (χ4v) is 7.03. The third-order valence-electron chi connectivity index (χ3n) is 10.7. The van der Waals surface area contributed by atoms with E-state index in [1.165, 1.54) is 11.1 Å². The van der Waals surface area contributed by atoms with E-state index in [2.05, 4.69) is 132 Å². The lowest BCUT2D eigenvalue weighted by Gasteiger charge is -2.26. The Morgan fingerprint density at radius 3 is 1.51 bits per heavy atom. The van der Waals surface area contributed by atoms with Crippen molar-refractivity contribution < 1.29 is 14.6 Å². The van der Waals surface area contributed by atoms with Gasteiger partial charge < -0.3 is 14.6 Å². The predicted octanol–water partition coefficient (Wildman–Crippen LogP) is 13.6. The van der Waals surface area contributed by atoms with E-state index in [-0.39, 0.29) is 33.2 Å². The van der Waals surface area contributed by atoms with E-state index in [1.54, 1.807) is 12.1 Å². The van der Waals surface area contributed by atoms with Crippen LogP contribution in [0.25, 0.3) is 67.0 Å². The fraction of sp³-hybridized carbons (Fsp3) is 0.320. The lowest BCUT2D eigenvalue weighted by atomic mass is 9.79. The summed E-state index contributed by atoms with van der Waals surface area (Å²) in [6, 6.07) is 32.6. The minimum absolute atomic E-state index is 0.0829. The smallest absolute Gasteiger partial charge is 0.136 e. The molecule has 0 aliphatic carbocycles. The van der Waals surface area contributed by atoms with Gasteiger partial charge in [-0.25, -0.2) is 9.97 Å². The quantitative estimate of drug-likeness (QED) is 0.188. The Balaban J connectivity index is 1.53. The monoisotopic (exact) mass is 730 g/mol. The highest BCUT2D eigenvalue weighted by atomic mass is 16.3. The van der Waals surface area contributed by atoms with E-state index in [1.807, 2.05) is 36.4 Å². The van der Waals surface area contributed by atoms with Gasteiger partial charge >= 0.3 is 0 Å². The predicted molar refractivity (Wildman–Crippen MR) is 229 cm³/mol. The van der Waals surface area contributed by atoms with Gasteiger partial charge in [0.15, 0.2) is 0 Å². The van der Waals surface area contributed by atoms with Crippen LogP contribution in [0.1, 0.15) is 105 Å². The zero-order valence-corrected chi connectivity index (χ0v) is 34.4. The van der Waals surface area contributed by atoms with E-state index in [9.17, 15) is 10.2 Å². The van der Waals surface area contributed by atoms with Gasteiger partial charge in [0.05, 0.1) is 22.8 Å². The largest absolute Gasteiger partial charge is 0.507 e. The number of furan rings is 1. The summed E-state index contributed by atoms with van der Waals surface area (Å²) in [7, 11) is 0. The summed E-state index contributed by atoms with van der Waals surface area (Å²) >= 11 is 0. The molecule has 0 aliphatic heterocycles. The molecule has 0 fully saturated rings. The number of para-hydroxylation sites is 1. The molecule has 2 N–H and O–H groups in total. The Morgan fingerprint density at radius 1 is 0.400 bits per heavy atom. The lowest BCUT2D eigenvalue weighted by Crippen LogP contribution is -2.16. The third-order valence-corrected chi connectivity index (χ3v) is 10.7. The molecule has 3 aromatic heterocycles. The maximum atomic E-state index is 11.7. The summed E-state index contributed by atoms with van der Waals surface area (Å²) in [5.41, 5.74) is 11.5. The molecule has 0 amide bonds. The van der Waals surface area contributed by atoms with Crippen LogP contribution in [-0.4, -0.2) is 20.2 Å². The molecular weight excluding hydrogens is 677 g/mol. The highest BCUT2D eigenvalue weighted by molar-refractivity contribution is 6.07. The van der Waals surface area contributed by atoms with Gasteiger partial charge in [-0.15, -0.1) is 0 Å². The number of aromatic hydroxyl groups is 2. The minimum atomic E-state index is -0.225. The Labute approximate surface area is 326 Å². The van der Waals surface area contributed by atoms with Crippen LogP contribution < -0.4 is 0 Å². The number of rotatable bonds is 4. The molecule has 7 rings (SSSR count). The van der Waals surface area contributed by atoms with Crippen molar-refractivity contribution in [2.24, 2.45) is 0 Å². The summed E-state index contributed by atoms with van der Waals surface area (Å²) in [6.07, 6.45) is 0. The standard InChI is InChI=1S/C50H54N2O3/c1-47(2,3)31-17-18-43(53)37(24-31)40-25-34(50(10,11)12)26-42(52-40)41-22-30(29-19-32(48(4,5)6)23-33(20-29)49(7,8)9)21-39(51-41)38-28-46-36(27-44(38)54)35-15-13-14-16-45(35)55-46/h13-28,53-54H,1-12H3. The van der Waals surface area contributed by atoms with Gasteiger partial charge in [0.25, 0.3) is 0 Å². The first kappa shape index (κ1) is 37.9. The number of fused-ring (bicyclic) bond motifs is 3. The van der Waals surface area contributed by atoms with Crippen molar-refractivity contribution in [3.8, 4) is 56.5 Å². The molecule has 0 atom stereocenters. The minimum Gasteiger partial charge on any atom is -0.507 e. The Kier molecular flexibility index (Phi) is 9.03. The molecule has 5 nitrogen and oxygen atoms in total. The van der Waals surface area contributed by atoms with Gasteiger partial charge in [-0.1, -0.05) is 126 Å². The van der Waals surface area contributed by atoms with Crippen LogP contribution in [0.15, 0.2) is 101 Å². The van der Waals surface area contributed by atoms with E-state index in [4.69, 9.17) is 14.4 Å². The molecule has 0 radical (unpaired) electrons. The molecule has 3 heterocycles. The topological polar surface area (TPSA) is 79.4 Å². The van der Waals surface area contributed by atoms with Crippen molar-refractivity contribution >= 4 is 21.9 Å². The molecule has 0 spiro atoms. The molecular formula is C50H54N2O3. The number of hydrogen-bond donors (Lipinski definition) is 2. The average molecular weight is 731 g/mol. The van der Waals surface area contributed by atoms with Crippen LogP contribution in [0, 0.1) is 0 Å². The van der Waals surface area contributed by atoms with Gasteiger partial charge in [0.1, 0.15) is 22.7 Å². The lowest BCUT2D eigenvalue weighted by molar-refractivity contribution is 0.475. The van der Waals surface area contributed by atoms with E-state index in [0.29, 0.717) is 39.5 Å². The normalized spacial score (nSPS) is 12.9. The molecule has 55 heavy (non-hydrogen) atoms. The van der Waals surface area contributed by atoms with Crippen molar-refractivity contribution in [3.63, 3.8) is 0 Å². The van der Waals surface area contributed by atoms with Gasteiger partial charge in [-0.2, -0.15) is 0 Å². The van der Waals surface area contributed by atoms with Crippen molar-refractivity contribution in [1.82, 2.24) is 9.97 Å².